The maximum Gasteiger partial charge on any atom is 0.242 e. The molecule has 5 nitrogen and oxygen atoms in total. The Morgan fingerprint density at radius 1 is 1.31 bits per heavy atom. The summed E-state index contributed by atoms with van der Waals surface area (Å²) >= 11 is 0. The number of nitrogens with zero attached hydrogens (tertiary/aromatic N) is 1. The van der Waals surface area contributed by atoms with Crippen LogP contribution in [0, 0.1) is 0 Å². The van der Waals surface area contributed by atoms with E-state index in [-0.39, 0.29) is 24.9 Å². The summed E-state index contributed by atoms with van der Waals surface area (Å²) < 4.78 is 0. The molecule has 0 atom stereocenters. The summed E-state index contributed by atoms with van der Waals surface area (Å²) in [5.41, 5.74) is -0.916. The van der Waals surface area contributed by atoms with Crippen molar-refractivity contribution in [1.29, 1.82) is 0 Å². The fourth-order valence-corrected chi connectivity index (χ4v) is 1.25. The lowest BCUT2D eigenvalue weighted by atomic mass is 10.1. The zero-order valence-corrected chi connectivity index (χ0v) is 10.5. The summed E-state index contributed by atoms with van der Waals surface area (Å²) in [5, 5.41) is 12.1. The molecule has 0 radical (unpaired) electrons. The van der Waals surface area contributed by atoms with Crippen molar-refractivity contribution in [1.82, 2.24) is 10.2 Å². The van der Waals surface area contributed by atoms with Gasteiger partial charge in [-0.15, -0.1) is 0 Å². The lowest BCUT2D eigenvalue weighted by Gasteiger charge is -2.28. The number of aliphatic hydroxyl groups is 1. The first-order valence-corrected chi connectivity index (χ1v) is 5.57. The molecular formula is C11H22N2O3. The normalized spacial score (nSPS) is 11.1. The third-order valence-electron chi connectivity index (χ3n) is 2.07. The highest BCUT2D eigenvalue weighted by Crippen LogP contribution is 2.04. The zero-order valence-electron chi connectivity index (χ0n) is 10.5. The van der Waals surface area contributed by atoms with Crippen LogP contribution in [-0.2, 0) is 9.59 Å². The van der Waals surface area contributed by atoms with Crippen molar-refractivity contribution < 1.29 is 14.7 Å². The molecule has 2 amide bonds. The van der Waals surface area contributed by atoms with Gasteiger partial charge in [-0.1, -0.05) is 6.92 Å². The van der Waals surface area contributed by atoms with Gasteiger partial charge in [-0.25, -0.2) is 0 Å². The monoisotopic (exact) mass is 230 g/mol. The second kappa shape index (κ2) is 6.48. The maximum atomic E-state index is 11.7. The standard InChI is InChI=1S/C11H22N2O3/c1-5-9(14)12-7-10(15)13(6-2)8-11(3,4)16/h16H,5-8H2,1-4H3,(H,12,14). The molecule has 0 saturated heterocycles. The zero-order chi connectivity index (χ0) is 12.8. The summed E-state index contributed by atoms with van der Waals surface area (Å²) in [6.07, 6.45) is 0.366. The van der Waals surface area contributed by atoms with E-state index in [0.29, 0.717) is 13.0 Å². The summed E-state index contributed by atoms with van der Waals surface area (Å²) in [6.45, 7) is 7.65. The van der Waals surface area contributed by atoms with Gasteiger partial charge in [0, 0.05) is 19.5 Å². The highest BCUT2D eigenvalue weighted by molar-refractivity contribution is 5.84. The number of hydrogen-bond donors (Lipinski definition) is 2. The average molecular weight is 230 g/mol. The van der Waals surface area contributed by atoms with Gasteiger partial charge in [0.15, 0.2) is 0 Å². The molecule has 5 heteroatoms. The van der Waals surface area contributed by atoms with Crippen LogP contribution in [0.25, 0.3) is 0 Å². The molecule has 94 valence electrons. The van der Waals surface area contributed by atoms with E-state index in [1.807, 2.05) is 6.92 Å². The van der Waals surface area contributed by atoms with Crippen LogP contribution in [0.5, 0.6) is 0 Å². The first-order valence-electron chi connectivity index (χ1n) is 5.57. The van der Waals surface area contributed by atoms with Gasteiger partial charge in [-0.05, 0) is 20.8 Å². The van der Waals surface area contributed by atoms with Gasteiger partial charge in [-0.3, -0.25) is 9.59 Å². The molecule has 0 unspecified atom stereocenters. The third kappa shape index (κ3) is 6.40. The molecule has 0 fully saturated rings. The van der Waals surface area contributed by atoms with E-state index in [1.165, 1.54) is 4.90 Å². The number of carbonyl (C=O) groups excluding carboxylic acids is 2. The summed E-state index contributed by atoms with van der Waals surface area (Å²) in [4.78, 5) is 24.2. The molecule has 0 aromatic rings. The van der Waals surface area contributed by atoms with E-state index in [0.717, 1.165) is 0 Å². The minimum atomic E-state index is -0.916. The van der Waals surface area contributed by atoms with Gasteiger partial charge in [-0.2, -0.15) is 0 Å². The highest BCUT2D eigenvalue weighted by atomic mass is 16.3. The van der Waals surface area contributed by atoms with Gasteiger partial charge in [0.05, 0.1) is 12.1 Å². The molecule has 16 heavy (non-hydrogen) atoms. The Hall–Kier alpha value is -1.10. The van der Waals surface area contributed by atoms with Crippen LogP contribution < -0.4 is 5.32 Å². The number of amides is 2. The van der Waals surface area contributed by atoms with Crippen molar-refractivity contribution in [2.75, 3.05) is 19.6 Å². The molecule has 0 saturated carbocycles. The predicted octanol–water partition coefficient (Wildman–Crippen LogP) is 0.132. The van der Waals surface area contributed by atoms with Crippen LogP contribution in [0.2, 0.25) is 0 Å². The van der Waals surface area contributed by atoms with Crippen molar-refractivity contribution in [3.63, 3.8) is 0 Å². The van der Waals surface area contributed by atoms with Crippen LogP contribution in [-0.4, -0.2) is 47.1 Å². The molecule has 0 aromatic carbocycles. The first-order chi connectivity index (χ1) is 7.30. The van der Waals surface area contributed by atoms with E-state index < -0.39 is 5.60 Å². The maximum absolute atomic E-state index is 11.7. The van der Waals surface area contributed by atoms with E-state index in [9.17, 15) is 14.7 Å². The van der Waals surface area contributed by atoms with Crippen LogP contribution in [0.4, 0.5) is 0 Å². The molecule has 0 heterocycles. The topological polar surface area (TPSA) is 69.6 Å². The largest absolute Gasteiger partial charge is 0.389 e. The molecule has 0 bridgehead atoms. The number of nitrogens with one attached hydrogen (secondary N) is 1. The number of rotatable bonds is 6. The molecule has 0 aliphatic rings. The molecule has 0 aliphatic carbocycles. The van der Waals surface area contributed by atoms with E-state index in [1.54, 1.807) is 20.8 Å². The smallest absolute Gasteiger partial charge is 0.242 e. The van der Waals surface area contributed by atoms with Crippen molar-refractivity contribution in [2.24, 2.45) is 0 Å². The predicted molar refractivity (Wildman–Crippen MR) is 61.9 cm³/mol. The van der Waals surface area contributed by atoms with Crippen molar-refractivity contribution in [3.8, 4) is 0 Å². The number of hydrogen-bond acceptors (Lipinski definition) is 3. The van der Waals surface area contributed by atoms with Gasteiger partial charge >= 0.3 is 0 Å². The van der Waals surface area contributed by atoms with Crippen LogP contribution >= 0.6 is 0 Å². The Kier molecular flexibility index (Phi) is 6.03. The van der Waals surface area contributed by atoms with Crippen LogP contribution in [0.3, 0.4) is 0 Å². The van der Waals surface area contributed by atoms with Crippen molar-refractivity contribution in [2.45, 2.75) is 39.7 Å². The molecular weight excluding hydrogens is 208 g/mol. The Labute approximate surface area is 96.8 Å². The molecule has 0 aliphatic heterocycles. The third-order valence-corrected chi connectivity index (χ3v) is 2.07. The summed E-state index contributed by atoms with van der Waals surface area (Å²) in [7, 11) is 0. The Morgan fingerprint density at radius 2 is 1.88 bits per heavy atom. The molecule has 0 spiro atoms. The number of likely N-dealkylation sites (N-methyl/N-ethyl adjacent to an activating group) is 1. The minimum absolute atomic E-state index is 0.00338. The minimum Gasteiger partial charge on any atom is -0.389 e. The molecule has 0 rings (SSSR count). The lowest BCUT2D eigenvalue weighted by Crippen LogP contribution is -2.46. The highest BCUT2D eigenvalue weighted by Gasteiger charge is 2.21. The van der Waals surface area contributed by atoms with Gasteiger partial charge < -0.3 is 15.3 Å². The van der Waals surface area contributed by atoms with Gasteiger partial charge in [0.2, 0.25) is 11.8 Å². The summed E-state index contributed by atoms with van der Waals surface area (Å²) in [5.74, 6) is -0.320. The SMILES string of the molecule is CCC(=O)NCC(=O)N(CC)CC(C)(C)O. The molecule has 2 N–H and O–H groups in total. The van der Waals surface area contributed by atoms with E-state index >= 15 is 0 Å². The number of carbonyl (C=O) groups is 2. The van der Waals surface area contributed by atoms with E-state index in [4.69, 9.17) is 0 Å². The summed E-state index contributed by atoms with van der Waals surface area (Å²) in [6, 6.07) is 0. The Morgan fingerprint density at radius 3 is 2.25 bits per heavy atom. The fourth-order valence-electron chi connectivity index (χ4n) is 1.25. The second-order valence-electron chi connectivity index (χ2n) is 4.35. The Bertz CT molecular complexity index is 246. The van der Waals surface area contributed by atoms with Crippen LogP contribution in [0.15, 0.2) is 0 Å². The van der Waals surface area contributed by atoms with Gasteiger partial charge in [0.1, 0.15) is 0 Å². The Balaban J connectivity index is 4.16. The van der Waals surface area contributed by atoms with Crippen molar-refractivity contribution in [3.05, 3.63) is 0 Å². The van der Waals surface area contributed by atoms with Crippen molar-refractivity contribution >= 4 is 11.8 Å². The van der Waals surface area contributed by atoms with Gasteiger partial charge in [0.25, 0.3) is 0 Å². The average Bonchev–Trinajstić information content (AvgIpc) is 2.20. The second-order valence-corrected chi connectivity index (χ2v) is 4.35. The quantitative estimate of drug-likeness (QED) is 0.681. The first kappa shape index (κ1) is 14.9. The van der Waals surface area contributed by atoms with E-state index in [2.05, 4.69) is 5.32 Å². The fraction of sp³-hybridized carbons (Fsp3) is 0.818. The lowest BCUT2D eigenvalue weighted by molar-refractivity contribution is -0.135. The van der Waals surface area contributed by atoms with Crippen LogP contribution in [0.1, 0.15) is 34.1 Å². The molecule has 0 aromatic heterocycles.